The Labute approximate surface area is 167 Å². The van der Waals surface area contributed by atoms with Gasteiger partial charge in [0.2, 0.25) is 17.7 Å². The molecule has 0 aliphatic heterocycles. The maximum atomic E-state index is 12.3. The Kier molecular flexibility index (Phi) is 10.8. The van der Waals surface area contributed by atoms with Crippen molar-refractivity contribution in [3.8, 4) is 0 Å². The molecule has 1 aromatic carbocycles. The fourth-order valence-electron chi connectivity index (χ4n) is 2.11. The fraction of sp³-hybridized carbons (Fsp3) is 0.444. The molecule has 0 aromatic heterocycles. The minimum Gasteiger partial charge on any atom is -0.445 e. The largest absolute Gasteiger partial charge is 0.445 e. The number of amides is 4. The number of alkyl carbamates (subject to hydrolysis) is 1. The number of hydrogen-bond donors (Lipinski definition) is 6. The van der Waals surface area contributed by atoms with Crippen molar-refractivity contribution in [2.75, 3.05) is 19.7 Å². The number of nitrogens with one attached hydrogen (secondary N) is 3. The number of aliphatic hydroxyl groups excluding tert-OH is 2. The molecule has 0 aliphatic rings. The lowest BCUT2D eigenvalue weighted by molar-refractivity contribution is -0.127. The number of primary amides is 1. The Morgan fingerprint density at radius 2 is 1.79 bits per heavy atom. The van der Waals surface area contributed by atoms with Crippen LogP contribution in [0.5, 0.6) is 0 Å². The van der Waals surface area contributed by atoms with E-state index in [0.717, 1.165) is 5.56 Å². The second kappa shape index (κ2) is 13.1. The molecule has 1 unspecified atom stereocenters. The van der Waals surface area contributed by atoms with Crippen molar-refractivity contribution in [1.82, 2.24) is 16.0 Å². The second-order valence-corrected chi connectivity index (χ2v) is 6.12. The average Bonchev–Trinajstić information content (AvgIpc) is 2.72. The summed E-state index contributed by atoms with van der Waals surface area (Å²) < 4.78 is 5.04. The first-order chi connectivity index (χ1) is 13.8. The third-order valence-electron chi connectivity index (χ3n) is 3.67. The molecule has 0 bridgehead atoms. The summed E-state index contributed by atoms with van der Waals surface area (Å²) in [4.78, 5) is 46.9. The van der Waals surface area contributed by atoms with E-state index in [-0.39, 0.29) is 26.0 Å². The van der Waals surface area contributed by atoms with E-state index in [0.29, 0.717) is 0 Å². The van der Waals surface area contributed by atoms with Crippen molar-refractivity contribution < 1.29 is 34.1 Å². The maximum Gasteiger partial charge on any atom is 0.408 e. The van der Waals surface area contributed by atoms with Gasteiger partial charge in [-0.1, -0.05) is 30.3 Å². The van der Waals surface area contributed by atoms with E-state index in [1.54, 1.807) is 24.3 Å². The number of hydrogen-bond acceptors (Lipinski definition) is 7. The molecule has 0 aliphatic carbocycles. The van der Waals surface area contributed by atoms with E-state index in [9.17, 15) is 19.2 Å². The molecule has 11 heteroatoms. The monoisotopic (exact) mass is 410 g/mol. The molecule has 2 atom stereocenters. The summed E-state index contributed by atoms with van der Waals surface area (Å²) in [5.74, 6) is -1.97. The average molecular weight is 410 g/mol. The smallest absolute Gasteiger partial charge is 0.408 e. The summed E-state index contributed by atoms with van der Waals surface area (Å²) in [5.41, 5.74) is 5.84. The highest BCUT2D eigenvalue weighted by atomic mass is 16.5. The van der Waals surface area contributed by atoms with Gasteiger partial charge < -0.3 is 36.6 Å². The molecule has 0 spiro atoms. The van der Waals surface area contributed by atoms with Gasteiger partial charge in [-0.15, -0.1) is 0 Å². The number of aliphatic hydroxyl groups is 2. The van der Waals surface area contributed by atoms with E-state index in [2.05, 4.69) is 16.0 Å². The van der Waals surface area contributed by atoms with Crippen LogP contribution in [0.3, 0.4) is 0 Å². The summed E-state index contributed by atoms with van der Waals surface area (Å²) in [6.45, 7) is -1.13. The van der Waals surface area contributed by atoms with Crippen molar-refractivity contribution in [3.05, 3.63) is 35.9 Å². The number of nitrogens with two attached hydrogens (primary N) is 1. The number of benzene rings is 1. The predicted octanol–water partition coefficient (Wildman–Crippen LogP) is -1.87. The fourth-order valence-corrected chi connectivity index (χ4v) is 2.11. The molecule has 1 rings (SSSR count). The zero-order valence-corrected chi connectivity index (χ0v) is 15.8. The Balaban J connectivity index is 2.52. The first-order valence-electron chi connectivity index (χ1n) is 8.90. The van der Waals surface area contributed by atoms with E-state index >= 15 is 0 Å². The SMILES string of the molecule is NC(=O)CC[C@H](NC(=O)OCc1ccccc1)C(=O)NCC(=O)NCC(O)CO. The summed E-state index contributed by atoms with van der Waals surface area (Å²) >= 11 is 0. The summed E-state index contributed by atoms with van der Waals surface area (Å²) in [6, 6.07) is 7.76. The minimum atomic E-state index is -1.14. The molecule has 0 saturated heterocycles. The highest BCUT2D eigenvalue weighted by Crippen LogP contribution is 2.02. The highest BCUT2D eigenvalue weighted by Gasteiger charge is 2.22. The number of rotatable bonds is 12. The lowest BCUT2D eigenvalue weighted by atomic mass is 10.1. The summed E-state index contributed by atoms with van der Waals surface area (Å²) in [7, 11) is 0. The van der Waals surface area contributed by atoms with Gasteiger partial charge in [0.25, 0.3) is 0 Å². The van der Waals surface area contributed by atoms with Crippen LogP contribution < -0.4 is 21.7 Å². The number of ether oxygens (including phenoxy) is 1. The van der Waals surface area contributed by atoms with Crippen molar-refractivity contribution in [2.24, 2.45) is 5.73 Å². The molecule has 1 aromatic rings. The lowest BCUT2D eigenvalue weighted by Gasteiger charge is -2.18. The molecule has 0 radical (unpaired) electrons. The number of carbonyl (C=O) groups excluding carboxylic acids is 4. The highest BCUT2D eigenvalue weighted by molar-refractivity contribution is 5.89. The molecular weight excluding hydrogens is 384 g/mol. The molecule has 29 heavy (non-hydrogen) atoms. The van der Waals surface area contributed by atoms with E-state index in [4.69, 9.17) is 20.7 Å². The molecule has 0 saturated carbocycles. The van der Waals surface area contributed by atoms with Gasteiger partial charge in [-0.05, 0) is 12.0 Å². The van der Waals surface area contributed by atoms with Crippen molar-refractivity contribution >= 4 is 23.8 Å². The van der Waals surface area contributed by atoms with Gasteiger partial charge in [0.15, 0.2) is 0 Å². The molecule has 0 fully saturated rings. The lowest BCUT2D eigenvalue weighted by Crippen LogP contribution is -2.49. The van der Waals surface area contributed by atoms with Gasteiger partial charge in [0.05, 0.1) is 19.3 Å². The quantitative estimate of drug-likeness (QED) is 0.233. The van der Waals surface area contributed by atoms with Crippen LogP contribution in [0.4, 0.5) is 4.79 Å². The van der Waals surface area contributed by atoms with Crippen LogP contribution in [0, 0.1) is 0 Å². The van der Waals surface area contributed by atoms with Crippen LogP contribution in [0.2, 0.25) is 0 Å². The maximum absolute atomic E-state index is 12.3. The van der Waals surface area contributed by atoms with Gasteiger partial charge >= 0.3 is 6.09 Å². The van der Waals surface area contributed by atoms with Crippen LogP contribution in [-0.4, -0.2) is 65.9 Å². The van der Waals surface area contributed by atoms with E-state index in [1.165, 1.54) is 0 Å². The van der Waals surface area contributed by atoms with Gasteiger partial charge in [-0.2, -0.15) is 0 Å². The van der Waals surface area contributed by atoms with E-state index < -0.39 is 49.1 Å². The van der Waals surface area contributed by atoms with Crippen LogP contribution in [0.15, 0.2) is 30.3 Å². The third-order valence-corrected chi connectivity index (χ3v) is 3.67. The van der Waals surface area contributed by atoms with Crippen LogP contribution in [0.25, 0.3) is 0 Å². The first-order valence-corrected chi connectivity index (χ1v) is 8.90. The van der Waals surface area contributed by atoms with Crippen molar-refractivity contribution in [1.29, 1.82) is 0 Å². The predicted molar refractivity (Wildman–Crippen MR) is 101 cm³/mol. The summed E-state index contributed by atoms with van der Waals surface area (Å²) in [6.07, 6.45) is -2.22. The normalized spacial score (nSPS) is 12.3. The third kappa shape index (κ3) is 10.7. The van der Waals surface area contributed by atoms with Crippen LogP contribution in [0.1, 0.15) is 18.4 Å². The van der Waals surface area contributed by atoms with Crippen LogP contribution >= 0.6 is 0 Å². The van der Waals surface area contributed by atoms with Gasteiger partial charge in [0, 0.05) is 13.0 Å². The van der Waals surface area contributed by atoms with E-state index in [1.807, 2.05) is 6.07 Å². The first kappa shape index (κ1) is 23.9. The number of carbonyl (C=O) groups is 4. The standard InChI is InChI=1S/C18H26N4O7/c19-15(25)7-6-14(17(27)21-9-16(26)20-8-13(24)10-23)22-18(28)29-11-12-4-2-1-3-5-12/h1-5,13-14,23-24H,6-11H2,(H2,19,25)(H,20,26)(H,21,27)(H,22,28)/t13?,14-/m0/s1. The zero-order valence-electron chi connectivity index (χ0n) is 15.8. The molecule has 11 nitrogen and oxygen atoms in total. The molecule has 0 heterocycles. The van der Waals surface area contributed by atoms with Crippen molar-refractivity contribution in [3.63, 3.8) is 0 Å². The topological polar surface area (TPSA) is 180 Å². The van der Waals surface area contributed by atoms with Gasteiger partial charge in [0.1, 0.15) is 12.6 Å². The molecule has 7 N–H and O–H groups in total. The Morgan fingerprint density at radius 3 is 2.41 bits per heavy atom. The molecular formula is C18H26N4O7. The molecule has 160 valence electrons. The Hall–Kier alpha value is -3.18. The van der Waals surface area contributed by atoms with Crippen molar-refractivity contribution in [2.45, 2.75) is 31.6 Å². The Bertz CT molecular complexity index is 684. The summed E-state index contributed by atoms with van der Waals surface area (Å²) in [5, 5.41) is 24.8. The Morgan fingerprint density at radius 1 is 1.10 bits per heavy atom. The minimum absolute atomic E-state index is 0.00752. The second-order valence-electron chi connectivity index (χ2n) is 6.12. The van der Waals surface area contributed by atoms with Gasteiger partial charge in [-0.25, -0.2) is 4.79 Å². The zero-order chi connectivity index (χ0) is 21.6. The molecule has 4 amide bonds. The van der Waals surface area contributed by atoms with Crippen LogP contribution in [-0.2, 0) is 25.7 Å². The van der Waals surface area contributed by atoms with Gasteiger partial charge in [-0.3, -0.25) is 14.4 Å².